The molecule has 0 aromatic carbocycles. The lowest BCUT2D eigenvalue weighted by atomic mass is 10.3. The van der Waals surface area contributed by atoms with Gasteiger partial charge in [-0.05, 0) is 27.7 Å². The summed E-state index contributed by atoms with van der Waals surface area (Å²) in [6.45, 7) is 10.3. The third-order valence-corrected chi connectivity index (χ3v) is 3.91. The molecule has 25 heavy (non-hydrogen) atoms. The molecule has 0 aliphatic carbocycles. The first-order valence-corrected chi connectivity index (χ1v) is 8.64. The molecule has 2 aliphatic heterocycles. The molecule has 2 aliphatic rings. The van der Waals surface area contributed by atoms with Gasteiger partial charge in [0, 0.05) is 0 Å². The summed E-state index contributed by atoms with van der Waals surface area (Å²) in [5.41, 5.74) is 0. The molecule has 0 radical (unpaired) electrons. The SMILES string of the molecule is C#CCOC(COC1COC(C)(C)OC1)COC1COC(C)(C)OC1. The summed E-state index contributed by atoms with van der Waals surface area (Å²) in [6.07, 6.45) is 4.74. The van der Waals surface area contributed by atoms with Crippen LogP contribution >= 0.6 is 0 Å². The Morgan fingerprint density at radius 2 is 1.28 bits per heavy atom. The number of rotatable bonds is 8. The van der Waals surface area contributed by atoms with Gasteiger partial charge in [0.15, 0.2) is 11.6 Å². The van der Waals surface area contributed by atoms with Crippen LogP contribution in [0.4, 0.5) is 0 Å². The molecule has 0 aromatic rings. The van der Waals surface area contributed by atoms with E-state index in [4.69, 9.17) is 39.6 Å². The Labute approximate surface area is 150 Å². The number of hydrogen-bond donors (Lipinski definition) is 0. The van der Waals surface area contributed by atoms with Gasteiger partial charge in [0.25, 0.3) is 0 Å². The van der Waals surface area contributed by atoms with E-state index in [1.165, 1.54) is 0 Å². The van der Waals surface area contributed by atoms with E-state index in [0.717, 1.165) is 0 Å². The van der Waals surface area contributed by atoms with E-state index in [0.29, 0.717) is 39.6 Å². The Morgan fingerprint density at radius 1 is 0.880 bits per heavy atom. The summed E-state index contributed by atoms with van der Waals surface area (Å²) in [5.74, 6) is 1.35. The lowest BCUT2D eigenvalue weighted by molar-refractivity contribution is -0.286. The standard InChI is InChI=1S/C18H30O7/c1-6-7-19-14(8-20-15-10-22-17(2,3)23-11-15)9-21-16-12-24-18(4,5)25-13-16/h1,14-16H,7-13H2,2-5H3. The second-order valence-corrected chi connectivity index (χ2v) is 7.09. The zero-order valence-corrected chi connectivity index (χ0v) is 15.6. The molecule has 7 nitrogen and oxygen atoms in total. The van der Waals surface area contributed by atoms with E-state index in [2.05, 4.69) is 5.92 Å². The molecule has 0 unspecified atom stereocenters. The number of ether oxygens (including phenoxy) is 7. The Bertz CT molecular complexity index is 391. The summed E-state index contributed by atoms with van der Waals surface area (Å²) in [6, 6.07) is 0. The Hall–Kier alpha value is -0.720. The quantitative estimate of drug-likeness (QED) is 0.607. The van der Waals surface area contributed by atoms with Crippen LogP contribution in [-0.2, 0) is 33.2 Å². The number of terminal acetylenes is 1. The normalized spacial score (nSPS) is 24.3. The van der Waals surface area contributed by atoms with Crippen LogP contribution in [0.1, 0.15) is 27.7 Å². The molecule has 0 N–H and O–H groups in total. The summed E-state index contributed by atoms with van der Waals surface area (Å²) in [5, 5.41) is 0. The van der Waals surface area contributed by atoms with Gasteiger partial charge in [-0.2, -0.15) is 0 Å². The van der Waals surface area contributed by atoms with Crippen molar-refractivity contribution in [2.45, 2.75) is 57.6 Å². The Morgan fingerprint density at radius 3 is 1.64 bits per heavy atom. The van der Waals surface area contributed by atoms with Crippen LogP contribution in [0, 0.1) is 12.3 Å². The third kappa shape index (κ3) is 7.59. The molecule has 0 spiro atoms. The fourth-order valence-electron chi connectivity index (χ4n) is 2.34. The lowest BCUT2D eigenvalue weighted by Gasteiger charge is -2.36. The minimum atomic E-state index is -0.558. The molecule has 2 saturated heterocycles. The molecule has 7 heteroatoms. The van der Waals surface area contributed by atoms with E-state index in [-0.39, 0.29) is 24.9 Å². The monoisotopic (exact) mass is 358 g/mol. The molecule has 144 valence electrons. The molecule has 0 aromatic heterocycles. The first-order chi connectivity index (χ1) is 11.8. The highest BCUT2D eigenvalue weighted by Gasteiger charge is 2.31. The van der Waals surface area contributed by atoms with Crippen LogP contribution in [-0.4, -0.2) is 76.1 Å². The third-order valence-electron chi connectivity index (χ3n) is 3.91. The van der Waals surface area contributed by atoms with Crippen molar-refractivity contribution >= 4 is 0 Å². The van der Waals surface area contributed by atoms with Crippen molar-refractivity contribution < 1.29 is 33.2 Å². The van der Waals surface area contributed by atoms with Gasteiger partial charge < -0.3 is 33.2 Å². The van der Waals surface area contributed by atoms with Crippen molar-refractivity contribution in [2.24, 2.45) is 0 Å². The molecule has 0 amide bonds. The highest BCUT2D eigenvalue weighted by molar-refractivity contribution is 4.83. The topological polar surface area (TPSA) is 64.6 Å². The van der Waals surface area contributed by atoms with Crippen LogP contribution in [0.3, 0.4) is 0 Å². The fraction of sp³-hybridized carbons (Fsp3) is 0.889. The van der Waals surface area contributed by atoms with E-state index < -0.39 is 11.6 Å². The molecular formula is C18H30O7. The second-order valence-electron chi connectivity index (χ2n) is 7.09. The van der Waals surface area contributed by atoms with Gasteiger partial charge in [-0.3, -0.25) is 0 Å². The average molecular weight is 358 g/mol. The minimum absolute atomic E-state index is 0.132. The largest absolute Gasteiger partial charge is 0.371 e. The van der Waals surface area contributed by atoms with Crippen LogP contribution in [0.5, 0.6) is 0 Å². The smallest absolute Gasteiger partial charge is 0.163 e. The van der Waals surface area contributed by atoms with Gasteiger partial charge in [0.05, 0.1) is 39.6 Å². The molecule has 0 saturated carbocycles. The van der Waals surface area contributed by atoms with E-state index in [1.54, 1.807) is 0 Å². The van der Waals surface area contributed by atoms with Gasteiger partial charge >= 0.3 is 0 Å². The van der Waals surface area contributed by atoms with Crippen LogP contribution in [0.25, 0.3) is 0 Å². The summed E-state index contributed by atoms with van der Waals surface area (Å²) < 4.78 is 39.6. The predicted octanol–water partition coefficient (Wildman–Crippen LogP) is 1.34. The zero-order valence-electron chi connectivity index (χ0n) is 15.6. The van der Waals surface area contributed by atoms with Crippen molar-refractivity contribution in [3.05, 3.63) is 0 Å². The molecule has 2 fully saturated rings. The van der Waals surface area contributed by atoms with E-state index in [9.17, 15) is 0 Å². The van der Waals surface area contributed by atoms with Gasteiger partial charge in [-0.1, -0.05) is 5.92 Å². The maximum atomic E-state index is 5.82. The molecule has 2 heterocycles. The molecular weight excluding hydrogens is 328 g/mol. The van der Waals surface area contributed by atoms with Gasteiger partial charge in [0.1, 0.15) is 24.9 Å². The fourth-order valence-corrected chi connectivity index (χ4v) is 2.34. The van der Waals surface area contributed by atoms with Crippen molar-refractivity contribution in [3.8, 4) is 12.3 Å². The van der Waals surface area contributed by atoms with Gasteiger partial charge in [0.2, 0.25) is 0 Å². The van der Waals surface area contributed by atoms with Crippen molar-refractivity contribution in [3.63, 3.8) is 0 Å². The van der Waals surface area contributed by atoms with Crippen molar-refractivity contribution in [2.75, 3.05) is 46.2 Å². The van der Waals surface area contributed by atoms with Crippen molar-refractivity contribution in [1.82, 2.24) is 0 Å². The molecule has 0 atom stereocenters. The maximum absolute atomic E-state index is 5.82. The first-order valence-electron chi connectivity index (χ1n) is 8.64. The predicted molar refractivity (Wildman–Crippen MR) is 90.0 cm³/mol. The molecule has 0 bridgehead atoms. The van der Waals surface area contributed by atoms with E-state index in [1.807, 2.05) is 27.7 Å². The van der Waals surface area contributed by atoms with Crippen LogP contribution in [0.2, 0.25) is 0 Å². The second kappa shape index (κ2) is 9.28. The summed E-state index contributed by atoms with van der Waals surface area (Å²) in [7, 11) is 0. The average Bonchev–Trinajstić information content (AvgIpc) is 2.56. The first kappa shape index (κ1) is 20.6. The minimum Gasteiger partial charge on any atom is -0.371 e. The zero-order chi connectivity index (χ0) is 18.3. The lowest BCUT2D eigenvalue weighted by Crippen LogP contribution is -2.45. The highest BCUT2D eigenvalue weighted by atomic mass is 16.7. The van der Waals surface area contributed by atoms with Crippen LogP contribution < -0.4 is 0 Å². The van der Waals surface area contributed by atoms with E-state index >= 15 is 0 Å². The molecule has 2 rings (SSSR count). The highest BCUT2D eigenvalue weighted by Crippen LogP contribution is 2.20. The Kier molecular flexibility index (Phi) is 7.65. The summed E-state index contributed by atoms with van der Waals surface area (Å²) in [4.78, 5) is 0. The van der Waals surface area contributed by atoms with Crippen LogP contribution in [0.15, 0.2) is 0 Å². The van der Waals surface area contributed by atoms with Gasteiger partial charge in [-0.15, -0.1) is 6.42 Å². The maximum Gasteiger partial charge on any atom is 0.163 e. The summed E-state index contributed by atoms with van der Waals surface area (Å²) >= 11 is 0. The Balaban J connectivity index is 1.70. The van der Waals surface area contributed by atoms with Gasteiger partial charge in [-0.25, -0.2) is 0 Å². The number of hydrogen-bond acceptors (Lipinski definition) is 7. The van der Waals surface area contributed by atoms with Crippen molar-refractivity contribution in [1.29, 1.82) is 0 Å².